The van der Waals surface area contributed by atoms with Crippen molar-refractivity contribution in [3.8, 4) is 0 Å². The van der Waals surface area contributed by atoms with Crippen LogP contribution in [0.4, 0.5) is 0 Å². The van der Waals surface area contributed by atoms with Crippen LogP contribution in [0, 0.1) is 6.92 Å². The molecule has 4 nitrogen and oxygen atoms in total. The first kappa shape index (κ1) is 28.2. The van der Waals surface area contributed by atoms with E-state index in [1.165, 1.54) is 12.0 Å². The van der Waals surface area contributed by atoms with E-state index in [-0.39, 0.29) is 24.4 Å². The number of nitrogens with zero attached hydrogens (tertiary/aromatic N) is 1. The molecule has 38 heavy (non-hydrogen) atoms. The van der Waals surface area contributed by atoms with Crippen molar-refractivity contribution < 1.29 is 9.59 Å². The fraction of sp³-hybridized carbons (Fsp3) is 0.375. The Labute approximate surface area is 236 Å². The second-order valence-electron chi connectivity index (χ2n) is 10.3. The number of carbonyl (C=O) groups is 2. The zero-order chi connectivity index (χ0) is 26.9. The molecule has 6 heteroatoms. The minimum absolute atomic E-state index is 0.0589. The van der Waals surface area contributed by atoms with Crippen LogP contribution in [0.25, 0.3) is 0 Å². The molecule has 1 N–H and O–H groups in total. The lowest BCUT2D eigenvalue weighted by Crippen LogP contribution is -2.52. The van der Waals surface area contributed by atoms with E-state index in [0.717, 1.165) is 42.4 Å². The maximum absolute atomic E-state index is 13.9. The summed E-state index contributed by atoms with van der Waals surface area (Å²) in [6.45, 7) is 2.33. The number of hydrogen-bond donors (Lipinski definition) is 1. The summed E-state index contributed by atoms with van der Waals surface area (Å²) < 4.78 is 0. The van der Waals surface area contributed by atoms with Crippen molar-refractivity contribution in [3.05, 3.63) is 105 Å². The van der Waals surface area contributed by atoms with E-state index in [9.17, 15) is 9.59 Å². The van der Waals surface area contributed by atoms with Gasteiger partial charge in [0.1, 0.15) is 6.04 Å². The molecular formula is C32H36Cl2N2O2. The molecule has 200 valence electrons. The van der Waals surface area contributed by atoms with Crippen molar-refractivity contribution >= 4 is 35.0 Å². The van der Waals surface area contributed by atoms with Crippen LogP contribution in [-0.2, 0) is 29.0 Å². The number of nitrogens with one attached hydrogen (secondary N) is 1. The Morgan fingerprint density at radius 3 is 2.24 bits per heavy atom. The molecule has 1 aliphatic rings. The predicted octanol–water partition coefficient (Wildman–Crippen LogP) is 7.32. The van der Waals surface area contributed by atoms with Gasteiger partial charge in [-0.15, -0.1) is 0 Å². The molecule has 1 fully saturated rings. The lowest BCUT2D eigenvalue weighted by Gasteiger charge is -2.33. The van der Waals surface area contributed by atoms with Crippen LogP contribution in [0.1, 0.15) is 60.8 Å². The van der Waals surface area contributed by atoms with E-state index < -0.39 is 6.04 Å². The highest BCUT2D eigenvalue weighted by Crippen LogP contribution is 2.25. The summed E-state index contributed by atoms with van der Waals surface area (Å²) in [6.07, 6.45) is 6.78. The Kier molecular flexibility index (Phi) is 10.3. The van der Waals surface area contributed by atoms with Crippen LogP contribution in [0.15, 0.2) is 72.8 Å². The first-order valence-electron chi connectivity index (χ1n) is 13.5. The van der Waals surface area contributed by atoms with Crippen LogP contribution in [-0.4, -0.2) is 28.8 Å². The normalized spacial score (nSPS) is 14.6. The molecule has 2 amide bonds. The van der Waals surface area contributed by atoms with Crippen molar-refractivity contribution in [3.63, 3.8) is 0 Å². The average molecular weight is 552 g/mol. The monoisotopic (exact) mass is 550 g/mol. The van der Waals surface area contributed by atoms with Crippen molar-refractivity contribution in [2.24, 2.45) is 0 Å². The number of aryl methyl sites for hydroxylation is 2. The van der Waals surface area contributed by atoms with Crippen LogP contribution in [0.3, 0.4) is 0 Å². The second-order valence-corrected chi connectivity index (χ2v) is 11.1. The lowest BCUT2D eigenvalue weighted by molar-refractivity contribution is -0.141. The van der Waals surface area contributed by atoms with Crippen molar-refractivity contribution in [2.45, 2.75) is 76.9 Å². The summed E-state index contributed by atoms with van der Waals surface area (Å²) in [5.41, 5.74) is 4.14. The van der Waals surface area contributed by atoms with Crippen molar-refractivity contribution in [1.29, 1.82) is 0 Å². The fourth-order valence-electron chi connectivity index (χ4n) is 5.08. The largest absolute Gasteiger partial charge is 0.352 e. The van der Waals surface area contributed by atoms with Gasteiger partial charge < -0.3 is 10.2 Å². The van der Waals surface area contributed by atoms with E-state index in [1.807, 2.05) is 43.3 Å². The summed E-state index contributed by atoms with van der Waals surface area (Å²) in [5, 5.41) is 4.18. The molecule has 0 unspecified atom stereocenters. The van der Waals surface area contributed by atoms with Crippen LogP contribution in [0.2, 0.25) is 10.0 Å². The van der Waals surface area contributed by atoms with E-state index in [0.29, 0.717) is 29.3 Å². The smallest absolute Gasteiger partial charge is 0.243 e. The first-order valence-corrected chi connectivity index (χ1v) is 14.3. The molecule has 0 aromatic heterocycles. The topological polar surface area (TPSA) is 49.4 Å². The zero-order valence-corrected chi connectivity index (χ0v) is 23.5. The number of rotatable bonds is 10. The fourth-order valence-corrected chi connectivity index (χ4v) is 5.40. The minimum atomic E-state index is -0.640. The van der Waals surface area contributed by atoms with Gasteiger partial charge in [0.05, 0.1) is 10.0 Å². The highest BCUT2D eigenvalue weighted by Gasteiger charge is 2.31. The number of halogens is 2. The summed E-state index contributed by atoms with van der Waals surface area (Å²) >= 11 is 12.5. The molecule has 0 bridgehead atoms. The molecule has 0 heterocycles. The maximum Gasteiger partial charge on any atom is 0.243 e. The summed E-state index contributed by atoms with van der Waals surface area (Å²) in [5.74, 6) is -0.152. The number of amides is 2. The Hall–Kier alpha value is -2.82. The predicted molar refractivity (Wildman–Crippen MR) is 155 cm³/mol. The third kappa shape index (κ3) is 8.09. The van der Waals surface area contributed by atoms with Crippen LogP contribution >= 0.6 is 23.2 Å². The standard InChI is InChI=1S/C32H36Cl2N2O2/c1-23-12-14-24(15-13-23)17-19-31(37)36(22-26-16-18-28(33)29(34)20-26)30(21-25-8-4-2-5-9-25)32(38)35-27-10-6-3-7-11-27/h2,4-5,8-9,12-16,18,20,27,30H,3,6-7,10-11,17,19,21-22H2,1H3,(H,35,38)/t30-/m0/s1. The minimum Gasteiger partial charge on any atom is -0.352 e. The molecule has 1 saturated carbocycles. The van der Waals surface area contributed by atoms with Gasteiger partial charge in [0, 0.05) is 25.4 Å². The van der Waals surface area contributed by atoms with Gasteiger partial charge in [-0.25, -0.2) is 0 Å². The van der Waals surface area contributed by atoms with E-state index in [1.54, 1.807) is 17.0 Å². The molecule has 1 aliphatic carbocycles. The van der Waals surface area contributed by atoms with Crippen LogP contribution < -0.4 is 5.32 Å². The Balaban J connectivity index is 1.62. The van der Waals surface area contributed by atoms with Gasteiger partial charge in [-0.3, -0.25) is 9.59 Å². The molecule has 1 atom stereocenters. The molecular weight excluding hydrogens is 515 g/mol. The Bertz CT molecular complexity index is 1210. The molecule has 0 spiro atoms. The number of hydrogen-bond acceptors (Lipinski definition) is 2. The van der Waals surface area contributed by atoms with Gasteiger partial charge in [0.2, 0.25) is 11.8 Å². The van der Waals surface area contributed by atoms with Gasteiger partial charge in [-0.05, 0) is 55.0 Å². The number of carbonyl (C=O) groups excluding carboxylic acids is 2. The van der Waals surface area contributed by atoms with E-state index in [2.05, 4.69) is 29.6 Å². The average Bonchev–Trinajstić information content (AvgIpc) is 2.93. The summed E-state index contributed by atoms with van der Waals surface area (Å²) in [6, 6.07) is 23.0. The van der Waals surface area contributed by atoms with E-state index >= 15 is 0 Å². The van der Waals surface area contributed by atoms with Gasteiger partial charge in [0.25, 0.3) is 0 Å². The quantitative estimate of drug-likeness (QED) is 0.287. The molecule has 0 saturated heterocycles. The summed E-state index contributed by atoms with van der Waals surface area (Å²) in [4.78, 5) is 29.4. The molecule has 3 aromatic rings. The van der Waals surface area contributed by atoms with Gasteiger partial charge >= 0.3 is 0 Å². The second kappa shape index (κ2) is 13.8. The first-order chi connectivity index (χ1) is 18.4. The van der Waals surface area contributed by atoms with Crippen molar-refractivity contribution in [1.82, 2.24) is 10.2 Å². The molecule has 4 rings (SSSR count). The SMILES string of the molecule is Cc1ccc(CCC(=O)N(Cc2ccc(Cl)c(Cl)c2)[C@@H](Cc2ccccc2)C(=O)NC2CCCCC2)cc1. The maximum atomic E-state index is 13.9. The molecule has 3 aromatic carbocycles. The highest BCUT2D eigenvalue weighted by atomic mass is 35.5. The Morgan fingerprint density at radius 2 is 1.55 bits per heavy atom. The van der Waals surface area contributed by atoms with Crippen LogP contribution in [0.5, 0.6) is 0 Å². The third-order valence-corrected chi connectivity index (χ3v) is 8.05. The highest BCUT2D eigenvalue weighted by molar-refractivity contribution is 6.42. The Morgan fingerprint density at radius 1 is 0.868 bits per heavy atom. The number of benzene rings is 3. The van der Waals surface area contributed by atoms with E-state index in [4.69, 9.17) is 23.2 Å². The van der Waals surface area contributed by atoms with Crippen molar-refractivity contribution in [2.75, 3.05) is 0 Å². The summed E-state index contributed by atoms with van der Waals surface area (Å²) in [7, 11) is 0. The zero-order valence-electron chi connectivity index (χ0n) is 22.0. The van der Waals surface area contributed by atoms with Gasteiger partial charge in [-0.1, -0.05) is 109 Å². The molecule has 0 aliphatic heterocycles. The lowest BCUT2D eigenvalue weighted by atomic mass is 9.94. The van der Waals surface area contributed by atoms with Gasteiger partial charge in [-0.2, -0.15) is 0 Å². The molecule has 0 radical (unpaired) electrons. The van der Waals surface area contributed by atoms with Gasteiger partial charge in [0.15, 0.2) is 0 Å². The third-order valence-electron chi connectivity index (χ3n) is 7.31.